The SMILES string of the molecule is Cc1cccc(C(N)c2cccc(Cl)c2F)c1. The Labute approximate surface area is 105 Å². The summed E-state index contributed by atoms with van der Waals surface area (Å²) in [5.41, 5.74) is 8.45. The number of halogens is 2. The summed E-state index contributed by atoms with van der Waals surface area (Å²) in [4.78, 5) is 0. The molecule has 2 rings (SSSR count). The predicted molar refractivity (Wildman–Crippen MR) is 68.6 cm³/mol. The van der Waals surface area contributed by atoms with E-state index in [9.17, 15) is 4.39 Å². The maximum absolute atomic E-state index is 13.8. The lowest BCUT2D eigenvalue weighted by atomic mass is 9.98. The molecule has 0 saturated heterocycles. The number of rotatable bonds is 2. The zero-order valence-electron chi connectivity index (χ0n) is 9.45. The molecule has 0 aliphatic rings. The van der Waals surface area contributed by atoms with Gasteiger partial charge in [0.25, 0.3) is 0 Å². The molecule has 1 nitrogen and oxygen atoms in total. The van der Waals surface area contributed by atoms with Gasteiger partial charge >= 0.3 is 0 Å². The second-order valence-electron chi connectivity index (χ2n) is 4.03. The van der Waals surface area contributed by atoms with Gasteiger partial charge in [-0.25, -0.2) is 4.39 Å². The van der Waals surface area contributed by atoms with Crippen molar-refractivity contribution in [2.45, 2.75) is 13.0 Å². The van der Waals surface area contributed by atoms with E-state index in [2.05, 4.69) is 0 Å². The highest BCUT2D eigenvalue weighted by Gasteiger charge is 2.15. The number of hydrogen-bond acceptors (Lipinski definition) is 1. The standard InChI is InChI=1S/C14H13ClFN/c1-9-4-2-5-10(8-9)14(17)11-6-3-7-12(15)13(11)16/h2-8,14H,17H2,1H3. The first-order valence-corrected chi connectivity index (χ1v) is 5.73. The Balaban J connectivity index is 2.44. The summed E-state index contributed by atoms with van der Waals surface area (Å²) < 4.78 is 13.8. The van der Waals surface area contributed by atoms with Crippen molar-refractivity contribution >= 4 is 11.6 Å². The first-order valence-electron chi connectivity index (χ1n) is 5.35. The van der Waals surface area contributed by atoms with Crippen LogP contribution in [-0.4, -0.2) is 0 Å². The molecular weight excluding hydrogens is 237 g/mol. The molecule has 0 amide bonds. The van der Waals surface area contributed by atoms with Crippen LogP contribution < -0.4 is 5.73 Å². The summed E-state index contributed by atoms with van der Waals surface area (Å²) in [6.45, 7) is 1.98. The average Bonchev–Trinajstić information content (AvgIpc) is 2.32. The molecule has 0 aliphatic carbocycles. The van der Waals surface area contributed by atoms with Crippen molar-refractivity contribution in [2.75, 3.05) is 0 Å². The monoisotopic (exact) mass is 249 g/mol. The summed E-state index contributed by atoms with van der Waals surface area (Å²) in [6.07, 6.45) is 0. The lowest BCUT2D eigenvalue weighted by molar-refractivity contribution is 0.600. The highest BCUT2D eigenvalue weighted by atomic mass is 35.5. The second-order valence-corrected chi connectivity index (χ2v) is 4.44. The maximum Gasteiger partial charge on any atom is 0.146 e. The molecule has 0 fully saturated rings. The Morgan fingerprint density at radius 1 is 1.18 bits per heavy atom. The molecule has 17 heavy (non-hydrogen) atoms. The first kappa shape index (κ1) is 12.1. The minimum atomic E-state index is -0.492. The van der Waals surface area contributed by atoms with Gasteiger partial charge in [-0.1, -0.05) is 53.6 Å². The van der Waals surface area contributed by atoms with E-state index < -0.39 is 11.9 Å². The van der Waals surface area contributed by atoms with Crippen molar-refractivity contribution in [2.24, 2.45) is 5.73 Å². The van der Waals surface area contributed by atoms with Crippen LogP contribution in [0.2, 0.25) is 5.02 Å². The summed E-state index contributed by atoms with van der Waals surface area (Å²) in [5, 5.41) is 0.102. The quantitative estimate of drug-likeness (QED) is 0.860. The molecule has 2 aromatic carbocycles. The zero-order valence-corrected chi connectivity index (χ0v) is 10.2. The lowest BCUT2D eigenvalue weighted by Crippen LogP contribution is -2.13. The van der Waals surface area contributed by atoms with Gasteiger partial charge in [0.1, 0.15) is 5.82 Å². The van der Waals surface area contributed by atoms with E-state index in [4.69, 9.17) is 17.3 Å². The minimum absolute atomic E-state index is 0.102. The molecule has 1 atom stereocenters. The van der Waals surface area contributed by atoms with Crippen LogP contribution in [0.5, 0.6) is 0 Å². The van der Waals surface area contributed by atoms with E-state index >= 15 is 0 Å². The molecule has 3 heteroatoms. The molecular formula is C14H13ClFN. The van der Waals surface area contributed by atoms with E-state index in [-0.39, 0.29) is 5.02 Å². The molecule has 2 aromatic rings. The van der Waals surface area contributed by atoms with Gasteiger partial charge in [0, 0.05) is 5.56 Å². The highest BCUT2D eigenvalue weighted by Crippen LogP contribution is 2.26. The van der Waals surface area contributed by atoms with E-state index in [1.807, 2.05) is 31.2 Å². The van der Waals surface area contributed by atoms with Crippen LogP contribution >= 0.6 is 11.6 Å². The molecule has 0 spiro atoms. The molecule has 2 N–H and O–H groups in total. The fourth-order valence-electron chi connectivity index (χ4n) is 1.80. The highest BCUT2D eigenvalue weighted by molar-refractivity contribution is 6.30. The third-order valence-electron chi connectivity index (χ3n) is 2.72. The van der Waals surface area contributed by atoms with Gasteiger partial charge in [0.05, 0.1) is 11.1 Å². The van der Waals surface area contributed by atoms with Crippen molar-refractivity contribution in [1.82, 2.24) is 0 Å². The number of hydrogen-bond donors (Lipinski definition) is 1. The summed E-state index contributed by atoms with van der Waals surface area (Å²) >= 11 is 5.75. The number of nitrogens with two attached hydrogens (primary N) is 1. The van der Waals surface area contributed by atoms with Crippen LogP contribution in [0.4, 0.5) is 4.39 Å². The van der Waals surface area contributed by atoms with Gasteiger partial charge in [-0.15, -0.1) is 0 Å². The third-order valence-corrected chi connectivity index (χ3v) is 3.01. The van der Waals surface area contributed by atoms with Gasteiger partial charge in [-0.2, -0.15) is 0 Å². The average molecular weight is 250 g/mol. The van der Waals surface area contributed by atoms with Crippen LogP contribution in [0.1, 0.15) is 22.7 Å². The first-order chi connectivity index (χ1) is 8.09. The van der Waals surface area contributed by atoms with E-state index in [0.717, 1.165) is 11.1 Å². The van der Waals surface area contributed by atoms with Gasteiger partial charge in [0.2, 0.25) is 0 Å². The molecule has 0 aromatic heterocycles. The smallest absolute Gasteiger partial charge is 0.146 e. The van der Waals surface area contributed by atoms with Gasteiger partial charge in [-0.05, 0) is 18.6 Å². The van der Waals surface area contributed by atoms with Crippen molar-refractivity contribution in [1.29, 1.82) is 0 Å². The third kappa shape index (κ3) is 2.48. The van der Waals surface area contributed by atoms with Crippen LogP contribution in [0.15, 0.2) is 42.5 Å². The number of benzene rings is 2. The normalized spacial score (nSPS) is 12.5. The fraction of sp³-hybridized carbons (Fsp3) is 0.143. The van der Waals surface area contributed by atoms with Crippen molar-refractivity contribution in [3.05, 3.63) is 70.0 Å². The van der Waals surface area contributed by atoms with Crippen LogP contribution in [0.25, 0.3) is 0 Å². The van der Waals surface area contributed by atoms with E-state index in [1.54, 1.807) is 12.1 Å². The Morgan fingerprint density at radius 3 is 2.59 bits per heavy atom. The van der Waals surface area contributed by atoms with Crippen molar-refractivity contribution in [3.63, 3.8) is 0 Å². The predicted octanol–water partition coefficient (Wildman–Crippen LogP) is 3.84. The topological polar surface area (TPSA) is 26.0 Å². The summed E-state index contributed by atoms with van der Waals surface area (Å²) in [6, 6.07) is 12.1. The summed E-state index contributed by atoms with van der Waals surface area (Å²) in [5.74, 6) is -0.442. The molecule has 88 valence electrons. The Morgan fingerprint density at radius 2 is 1.88 bits per heavy atom. The lowest BCUT2D eigenvalue weighted by Gasteiger charge is -2.14. The van der Waals surface area contributed by atoms with Crippen LogP contribution in [0.3, 0.4) is 0 Å². The second kappa shape index (κ2) is 4.86. The van der Waals surface area contributed by atoms with Crippen LogP contribution in [0, 0.1) is 12.7 Å². The Bertz CT molecular complexity index is 539. The van der Waals surface area contributed by atoms with Gasteiger partial charge < -0.3 is 5.73 Å². The molecule has 0 bridgehead atoms. The molecule has 0 aliphatic heterocycles. The van der Waals surface area contributed by atoms with Gasteiger partial charge in [-0.3, -0.25) is 0 Å². The Hall–Kier alpha value is -1.38. The minimum Gasteiger partial charge on any atom is -0.320 e. The summed E-state index contributed by atoms with van der Waals surface area (Å²) in [7, 11) is 0. The van der Waals surface area contributed by atoms with Crippen molar-refractivity contribution < 1.29 is 4.39 Å². The fourth-order valence-corrected chi connectivity index (χ4v) is 1.99. The van der Waals surface area contributed by atoms with Gasteiger partial charge in [0.15, 0.2) is 0 Å². The Kier molecular flexibility index (Phi) is 3.46. The zero-order chi connectivity index (χ0) is 12.4. The maximum atomic E-state index is 13.8. The largest absolute Gasteiger partial charge is 0.320 e. The number of aryl methyl sites for hydroxylation is 1. The van der Waals surface area contributed by atoms with Crippen molar-refractivity contribution in [3.8, 4) is 0 Å². The molecule has 1 unspecified atom stereocenters. The van der Waals surface area contributed by atoms with E-state index in [1.165, 1.54) is 6.07 Å². The van der Waals surface area contributed by atoms with E-state index in [0.29, 0.717) is 5.56 Å². The molecule has 0 radical (unpaired) electrons. The van der Waals surface area contributed by atoms with Crippen LogP contribution in [-0.2, 0) is 0 Å². The molecule has 0 heterocycles. The molecule has 0 saturated carbocycles.